The summed E-state index contributed by atoms with van der Waals surface area (Å²) >= 11 is 0. The fourth-order valence-electron chi connectivity index (χ4n) is 1.59. The maximum atomic E-state index is 10.9. The number of ketones is 1. The van der Waals surface area contributed by atoms with Crippen LogP contribution in [-0.4, -0.2) is 30.3 Å². The summed E-state index contributed by atoms with van der Waals surface area (Å²) in [5, 5.41) is 0. The molecule has 0 spiro atoms. The van der Waals surface area contributed by atoms with Crippen molar-refractivity contribution in [3.63, 3.8) is 0 Å². The van der Waals surface area contributed by atoms with E-state index >= 15 is 0 Å². The van der Waals surface area contributed by atoms with Crippen LogP contribution in [0.3, 0.4) is 0 Å². The summed E-state index contributed by atoms with van der Waals surface area (Å²) in [6, 6.07) is 0.493. The van der Waals surface area contributed by atoms with Gasteiger partial charge < -0.3 is 0 Å². The molecule has 0 aromatic carbocycles. The highest BCUT2D eigenvalue weighted by Gasteiger charge is 2.29. The molecule has 1 rings (SSSR count). The molecule has 0 N–H and O–H groups in total. The number of likely N-dealkylation sites (tertiary alicyclic amines) is 1. The Balaban J connectivity index is 2.54. The Kier molecular flexibility index (Phi) is 2.09. The van der Waals surface area contributed by atoms with E-state index in [4.69, 9.17) is 0 Å². The van der Waals surface area contributed by atoms with Crippen LogP contribution in [0.25, 0.3) is 0 Å². The Hall–Kier alpha value is -0.370. The van der Waals surface area contributed by atoms with Crippen molar-refractivity contribution < 1.29 is 4.79 Å². The zero-order chi connectivity index (χ0) is 7.72. The van der Waals surface area contributed by atoms with Crippen LogP contribution >= 0.6 is 0 Å². The summed E-state index contributed by atoms with van der Waals surface area (Å²) < 4.78 is 0. The van der Waals surface area contributed by atoms with E-state index in [-0.39, 0.29) is 0 Å². The fourth-order valence-corrected chi connectivity index (χ4v) is 1.59. The smallest absolute Gasteiger partial charge is 0.148 e. The molecule has 1 atom stereocenters. The Morgan fingerprint density at radius 2 is 2.20 bits per heavy atom. The molecule has 0 aliphatic carbocycles. The third kappa shape index (κ3) is 1.37. The summed E-state index contributed by atoms with van der Waals surface area (Å²) in [5.41, 5.74) is 0. The van der Waals surface area contributed by atoms with Crippen LogP contribution < -0.4 is 0 Å². The standard InChI is InChI=1S/C8H15NO/c1-6(2)8-4-7(10)5-9(8)3/h6,8H,4-5H2,1-3H3/t8-/m0/s1. The number of likely N-dealkylation sites (N-methyl/N-ethyl adjacent to an activating group) is 1. The first-order valence-electron chi connectivity index (χ1n) is 3.83. The van der Waals surface area contributed by atoms with Gasteiger partial charge in [0.05, 0.1) is 6.54 Å². The molecule has 0 amide bonds. The molecule has 1 heterocycles. The number of hydrogen-bond acceptors (Lipinski definition) is 2. The average Bonchev–Trinajstić information content (AvgIpc) is 2.10. The Morgan fingerprint density at radius 3 is 2.40 bits per heavy atom. The van der Waals surface area contributed by atoms with Crippen LogP contribution in [-0.2, 0) is 4.79 Å². The van der Waals surface area contributed by atoms with Gasteiger partial charge in [-0.3, -0.25) is 9.69 Å². The Morgan fingerprint density at radius 1 is 1.60 bits per heavy atom. The van der Waals surface area contributed by atoms with Crippen molar-refractivity contribution in [1.82, 2.24) is 4.90 Å². The Bertz CT molecular complexity index is 142. The van der Waals surface area contributed by atoms with Crippen LogP contribution in [0.1, 0.15) is 20.3 Å². The number of Topliss-reactive ketones (excluding diaryl/α,β-unsaturated/α-hetero) is 1. The molecule has 0 aromatic rings. The lowest BCUT2D eigenvalue weighted by Gasteiger charge is -2.21. The summed E-state index contributed by atoms with van der Waals surface area (Å²) in [5.74, 6) is 0.998. The predicted molar refractivity (Wildman–Crippen MR) is 40.9 cm³/mol. The van der Waals surface area contributed by atoms with E-state index in [0.29, 0.717) is 24.3 Å². The van der Waals surface area contributed by atoms with Gasteiger partial charge in [-0.05, 0) is 13.0 Å². The quantitative estimate of drug-likeness (QED) is 0.541. The second-order valence-corrected chi connectivity index (χ2v) is 3.47. The lowest BCUT2D eigenvalue weighted by molar-refractivity contribution is -0.116. The fraction of sp³-hybridized carbons (Fsp3) is 0.875. The van der Waals surface area contributed by atoms with Crippen molar-refractivity contribution in [2.75, 3.05) is 13.6 Å². The van der Waals surface area contributed by atoms with Crippen molar-refractivity contribution in [3.8, 4) is 0 Å². The summed E-state index contributed by atoms with van der Waals surface area (Å²) in [4.78, 5) is 13.1. The maximum Gasteiger partial charge on any atom is 0.148 e. The molecule has 2 heteroatoms. The van der Waals surface area contributed by atoms with E-state index < -0.39 is 0 Å². The van der Waals surface area contributed by atoms with Crippen LogP contribution in [0, 0.1) is 5.92 Å². The molecule has 0 saturated carbocycles. The minimum Gasteiger partial charge on any atom is -0.298 e. The molecular weight excluding hydrogens is 126 g/mol. The lowest BCUT2D eigenvalue weighted by Crippen LogP contribution is -2.29. The van der Waals surface area contributed by atoms with E-state index in [9.17, 15) is 4.79 Å². The van der Waals surface area contributed by atoms with Crippen molar-refractivity contribution >= 4 is 5.78 Å². The molecule has 1 fully saturated rings. The zero-order valence-electron chi connectivity index (χ0n) is 6.92. The molecule has 1 saturated heterocycles. The highest BCUT2D eigenvalue weighted by atomic mass is 16.1. The van der Waals surface area contributed by atoms with E-state index in [1.165, 1.54) is 0 Å². The SMILES string of the molecule is CC(C)[C@@H]1CC(=O)CN1C. The summed E-state index contributed by atoms with van der Waals surface area (Å²) in [6.45, 7) is 4.99. The van der Waals surface area contributed by atoms with Gasteiger partial charge in [-0.2, -0.15) is 0 Å². The van der Waals surface area contributed by atoms with Gasteiger partial charge in [0.15, 0.2) is 0 Å². The van der Waals surface area contributed by atoms with Gasteiger partial charge in [-0.25, -0.2) is 0 Å². The van der Waals surface area contributed by atoms with Crippen molar-refractivity contribution in [2.45, 2.75) is 26.3 Å². The predicted octanol–water partition coefficient (Wildman–Crippen LogP) is 0.916. The van der Waals surface area contributed by atoms with E-state index in [1.54, 1.807) is 0 Å². The number of nitrogens with zero attached hydrogens (tertiary/aromatic N) is 1. The van der Waals surface area contributed by atoms with Crippen molar-refractivity contribution in [2.24, 2.45) is 5.92 Å². The zero-order valence-corrected chi connectivity index (χ0v) is 6.92. The maximum absolute atomic E-state index is 10.9. The second-order valence-electron chi connectivity index (χ2n) is 3.47. The molecule has 2 nitrogen and oxygen atoms in total. The number of rotatable bonds is 1. The number of hydrogen-bond donors (Lipinski definition) is 0. The van der Waals surface area contributed by atoms with Gasteiger partial charge in [0, 0.05) is 12.5 Å². The second kappa shape index (κ2) is 2.70. The largest absolute Gasteiger partial charge is 0.298 e. The van der Waals surface area contributed by atoms with E-state index in [2.05, 4.69) is 18.7 Å². The third-order valence-corrected chi connectivity index (χ3v) is 2.20. The average molecular weight is 141 g/mol. The topological polar surface area (TPSA) is 20.3 Å². The highest BCUT2D eigenvalue weighted by molar-refractivity contribution is 5.83. The molecule has 10 heavy (non-hydrogen) atoms. The number of carbonyl (C=O) groups is 1. The minimum atomic E-state index is 0.390. The monoisotopic (exact) mass is 141 g/mol. The molecule has 0 unspecified atom stereocenters. The van der Waals surface area contributed by atoms with Gasteiger partial charge in [-0.15, -0.1) is 0 Å². The lowest BCUT2D eigenvalue weighted by atomic mass is 10.0. The van der Waals surface area contributed by atoms with Crippen LogP contribution in [0.5, 0.6) is 0 Å². The molecule has 0 aromatic heterocycles. The molecule has 0 bridgehead atoms. The highest BCUT2D eigenvalue weighted by Crippen LogP contribution is 2.18. The third-order valence-electron chi connectivity index (χ3n) is 2.20. The van der Waals surface area contributed by atoms with Crippen LogP contribution in [0.15, 0.2) is 0 Å². The van der Waals surface area contributed by atoms with Crippen molar-refractivity contribution in [3.05, 3.63) is 0 Å². The summed E-state index contributed by atoms with van der Waals surface area (Å²) in [6.07, 6.45) is 0.758. The molecule has 1 aliphatic rings. The van der Waals surface area contributed by atoms with Gasteiger partial charge in [-0.1, -0.05) is 13.8 Å². The van der Waals surface area contributed by atoms with Gasteiger partial charge in [0.2, 0.25) is 0 Å². The van der Waals surface area contributed by atoms with Gasteiger partial charge in [0.25, 0.3) is 0 Å². The molecule has 0 radical (unpaired) electrons. The molecular formula is C8H15NO. The van der Waals surface area contributed by atoms with Gasteiger partial charge in [0.1, 0.15) is 5.78 Å². The first kappa shape index (κ1) is 7.73. The first-order valence-corrected chi connectivity index (χ1v) is 3.83. The molecule has 1 aliphatic heterocycles. The van der Waals surface area contributed by atoms with E-state index in [0.717, 1.165) is 6.42 Å². The molecule has 58 valence electrons. The van der Waals surface area contributed by atoms with E-state index in [1.807, 2.05) is 7.05 Å². The Labute approximate surface area is 62.2 Å². The number of carbonyl (C=O) groups excluding carboxylic acids is 1. The van der Waals surface area contributed by atoms with Gasteiger partial charge >= 0.3 is 0 Å². The first-order chi connectivity index (χ1) is 4.61. The minimum absolute atomic E-state index is 0.390. The van der Waals surface area contributed by atoms with Crippen molar-refractivity contribution in [1.29, 1.82) is 0 Å². The van der Waals surface area contributed by atoms with Crippen LogP contribution in [0.2, 0.25) is 0 Å². The normalized spacial score (nSPS) is 28.4. The summed E-state index contributed by atoms with van der Waals surface area (Å²) in [7, 11) is 2.02. The van der Waals surface area contributed by atoms with Crippen LogP contribution in [0.4, 0.5) is 0 Å².